The van der Waals surface area contributed by atoms with Crippen molar-refractivity contribution in [3.63, 3.8) is 0 Å². The summed E-state index contributed by atoms with van der Waals surface area (Å²) in [5, 5.41) is 2.97. The predicted molar refractivity (Wildman–Crippen MR) is 284 cm³/mol. The summed E-state index contributed by atoms with van der Waals surface area (Å²) < 4.78 is 30.1. The Balaban J connectivity index is 5.47. The third-order valence-electron chi connectivity index (χ3n) is 12.2. The molecule has 0 heterocycles. The van der Waals surface area contributed by atoms with Crippen molar-refractivity contribution in [2.24, 2.45) is 0 Å². The molecule has 10 heteroatoms. The molecule has 0 fully saturated rings. The SMILES string of the molecule is CCCCCC/C=C\CCCCCCCCCC(=O)OC(/C=C/CCCCCCCCCCCCC)C(COP(=O)([O-])OCC[N+](C)(C)C)NC(=O)CC/C=C/C/C=C\CCCCCCCC. The Hall–Kier alpha value is -2.03. The fourth-order valence-corrected chi connectivity index (χ4v) is 8.58. The normalized spacial score (nSPS) is 14.2. The highest BCUT2D eigenvalue weighted by atomic mass is 31.2. The lowest BCUT2D eigenvalue weighted by Gasteiger charge is -2.30. The summed E-state index contributed by atoms with van der Waals surface area (Å²) in [6.45, 7) is 6.77. The second-order valence-corrected chi connectivity index (χ2v) is 21.5. The van der Waals surface area contributed by atoms with Crippen LogP contribution in [0.2, 0.25) is 0 Å². The molecule has 0 aromatic heterocycles. The number of quaternary nitrogens is 1. The van der Waals surface area contributed by atoms with E-state index in [-0.39, 0.29) is 31.3 Å². The molecule has 0 aromatic rings. The Morgan fingerprint density at radius 2 is 0.925 bits per heavy atom. The number of hydrogen-bond donors (Lipinski definition) is 1. The van der Waals surface area contributed by atoms with Crippen LogP contribution in [0.4, 0.5) is 0 Å². The largest absolute Gasteiger partial charge is 0.756 e. The topological polar surface area (TPSA) is 114 Å². The number of carbonyl (C=O) groups is 2. The molecule has 3 atom stereocenters. The Labute approximate surface area is 414 Å². The van der Waals surface area contributed by atoms with Gasteiger partial charge < -0.3 is 28.5 Å². The molecule has 0 saturated carbocycles. The summed E-state index contributed by atoms with van der Waals surface area (Å²) >= 11 is 0. The molecular formula is C57H107N2O7P. The minimum absolute atomic E-state index is 0.0320. The van der Waals surface area contributed by atoms with Gasteiger partial charge in [-0.3, -0.25) is 14.2 Å². The average Bonchev–Trinajstić information content (AvgIpc) is 3.28. The molecule has 0 aliphatic carbocycles. The summed E-state index contributed by atoms with van der Waals surface area (Å²) in [5.41, 5.74) is 0. The second-order valence-electron chi connectivity index (χ2n) is 20.1. The minimum atomic E-state index is -4.70. The molecule has 0 saturated heterocycles. The van der Waals surface area contributed by atoms with Gasteiger partial charge in [0.1, 0.15) is 19.3 Å². The number of allylic oxidation sites excluding steroid dienone is 7. The number of carbonyl (C=O) groups excluding carboxylic acids is 2. The molecule has 0 radical (unpaired) electrons. The molecule has 0 rings (SSSR count). The molecule has 1 amide bonds. The average molecular weight is 963 g/mol. The lowest BCUT2D eigenvalue weighted by molar-refractivity contribution is -0.870. The zero-order chi connectivity index (χ0) is 49.4. The van der Waals surface area contributed by atoms with Crippen molar-refractivity contribution in [3.05, 3.63) is 48.6 Å². The van der Waals surface area contributed by atoms with E-state index in [2.05, 4.69) is 56.5 Å². The van der Waals surface area contributed by atoms with Crippen LogP contribution in [0.5, 0.6) is 0 Å². The molecule has 392 valence electrons. The molecular weight excluding hydrogens is 856 g/mol. The van der Waals surface area contributed by atoms with Crippen LogP contribution in [0.3, 0.4) is 0 Å². The summed E-state index contributed by atoms with van der Waals surface area (Å²) in [4.78, 5) is 39.7. The monoisotopic (exact) mass is 963 g/mol. The molecule has 67 heavy (non-hydrogen) atoms. The highest BCUT2D eigenvalue weighted by Gasteiger charge is 2.27. The summed E-state index contributed by atoms with van der Waals surface area (Å²) in [7, 11) is 1.15. The first-order valence-corrected chi connectivity index (χ1v) is 29.4. The third-order valence-corrected chi connectivity index (χ3v) is 13.2. The maximum atomic E-state index is 13.4. The van der Waals surface area contributed by atoms with Crippen LogP contribution >= 0.6 is 7.82 Å². The van der Waals surface area contributed by atoms with E-state index in [4.69, 9.17) is 13.8 Å². The van der Waals surface area contributed by atoms with E-state index in [0.717, 1.165) is 64.2 Å². The summed E-state index contributed by atoms with van der Waals surface area (Å²) in [6, 6.07) is -0.918. The van der Waals surface area contributed by atoms with Crippen molar-refractivity contribution < 1.29 is 37.3 Å². The van der Waals surface area contributed by atoms with Crippen LogP contribution in [0.25, 0.3) is 0 Å². The summed E-state index contributed by atoms with van der Waals surface area (Å²) in [5.74, 6) is -0.621. The molecule has 0 bridgehead atoms. The van der Waals surface area contributed by atoms with Crippen LogP contribution < -0.4 is 10.2 Å². The van der Waals surface area contributed by atoms with Crippen LogP contribution in [0, 0.1) is 0 Å². The van der Waals surface area contributed by atoms with E-state index in [1.165, 1.54) is 148 Å². The van der Waals surface area contributed by atoms with Crippen LogP contribution in [0.15, 0.2) is 48.6 Å². The zero-order valence-corrected chi connectivity index (χ0v) is 45.5. The third kappa shape index (κ3) is 48.8. The maximum absolute atomic E-state index is 13.4. The molecule has 0 aliphatic rings. The number of hydrogen-bond acceptors (Lipinski definition) is 7. The highest BCUT2D eigenvalue weighted by Crippen LogP contribution is 2.38. The Morgan fingerprint density at radius 1 is 0.522 bits per heavy atom. The Morgan fingerprint density at radius 3 is 1.40 bits per heavy atom. The fourth-order valence-electron chi connectivity index (χ4n) is 7.86. The van der Waals surface area contributed by atoms with Gasteiger partial charge in [-0.25, -0.2) is 0 Å². The smallest absolute Gasteiger partial charge is 0.306 e. The highest BCUT2D eigenvalue weighted by molar-refractivity contribution is 7.45. The molecule has 3 unspecified atom stereocenters. The molecule has 0 aliphatic heterocycles. The van der Waals surface area contributed by atoms with Gasteiger partial charge in [0, 0.05) is 12.8 Å². The van der Waals surface area contributed by atoms with Crippen LogP contribution in [-0.2, 0) is 27.9 Å². The predicted octanol–water partition coefficient (Wildman–Crippen LogP) is 15.9. The van der Waals surface area contributed by atoms with E-state index in [0.29, 0.717) is 17.4 Å². The number of phosphoric acid groups is 1. The number of amides is 1. The van der Waals surface area contributed by atoms with Gasteiger partial charge in [-0.15, -0.1) is 0 Å². The van der Waals surface area contributed by atoms with Crippen molar-refractivity contribution in [1.82, 2.24) is 5.32 Å². The molecule has 0 spiro atoms. The van der Waals surface area contributed by atoms with E-state index < -0.39 is 26.6 Å². The number of unbranched alkanes of at least 4 members (excludes halogenated alkanes) is 28. The maximum Gasteiger partial charge on any atom is 0.306 e. The minimum Gasteiger partial charge on any atom is -0.756 e. The number of rotatable bonds is 50. The first-order valence-electron chi connectivity index (χ1n) is 27.9. The number of nitrogens with one attached hydrogen (secondary N) is 1. The first-order chi connectivity index (χ1) is 32.4. The van der Waals surface area contributed by atoms with Gasteiger partial charge >= 0.3 is 5.97 Å². The number of phosphoric ester groups is 1. The Kier molecular flexibility index (Phi) is 46.2. The van der Waals surface area contributed by atoms with Crippen molar-refractivity contribution in [1.29, 1.82) is 0 Å². The lowest BCUT2D eigenvalue weighted by Crippen LogP contribution is -2.47. The van der Waals surface area contributed by atoms with Gasteiger partial charge in [0.2, 0.25) is 5.91 Å². The van der Waals surface area contributed by atoms with Gasteiger partial charge in [-0.2, -0.15) is 0 Å². The number of nitrogens with zero attached hydrogens (tertiary/aromatic N) is 1. The van der Waals surface area contributed by atoms with Gasteiger partial charge in [-0.1, -0.05) is 211 Å². The van der Waals surface area contributed by atoms with Crippen molar-refractivity contribution in [2.45, 2.75) is 264 Å². The summed E-state index contributed by atoms with van der Waals surface area (Å²) in [6.07, 6.45) is 56.6. The standard InChI is InChI=1S/C57H107N2O7P/c1-7-10-13-16-19-22-25-28-29-32-35-38-41-44-47-50-57(61)66-55(48-45-42-39-36-33-30-26-23-20-17-14-11-8-2)54(53-65-67(62,63)64-52-51-59(4,5)6)58-56(60)49-46-43-40-37-34-31-27-24-21-18-15-12-9-3/h22,25,31,34,40,43,45,48,54-55H,7-21,23-24,26-30,32-33,35-39,41-42,44,46-47,49-53H2,1-6H3,(H-,58,60,62,63)/b25-22-,34-31-,43-40+,48-45+. The van der Waals surface area contributed by atoms with Crippen LogP contribution in [-0.4, -0.2) is 69.4 Å². The molecule has 1 N–H and O–H groups in total. The van der Waals surface area contributed by atoms with E-state index in [1.54, 1.807) is 0 Å². The van der Waals surface area contributed by atoms with Gasteiger partial charge in [0.05, 0.1) is 33.8 Å². The fraction of sp³-hybridized carbons (Fsp3) is 0.825. The zero-order valence-electron chi connectivity index (χ0n) is 44.6. The van der Waals surface area contributed by atoms with E-state index >= 15 is 0 Å². The van der Waals surface area contributed by atoms with Gasteiger partial charge in [0.15, 0.2) is 0 Å². The quantitative estimate of drug-likeness (QED) is 0.0212. The van der Waals surface area contributed by atoms with Gasteiger partial charge in [0.25, 0.3) is 7.82 Å². The van der Waals surface area contributed by atoms with Crippen molar-refractivity contribution >= 4 is 19.7 Å². The Bertz CT molecular complexity index is 1290. The number of ether oxygens (including phenoxy) is 1. The first kappa shape index (κ1) is 65.0. The van der Waals surface area contributed by atoms with Crippen molar-refractivity contribution in [3.8, 4) is 0 Å². The number of likely N-dealkylation sites (N-methyl/N-ethyl adjacent to an activating group) is 1. The lowest BCUT2D eigenvalue weighted by atomic mass is 10.0. The second kappa shape index (κ2) is 47.6. The van der Waals surface area contributed by atoms with E-state index in [9.17, 15) is 19.0 Å². The van der Waals surface area contributed by atoms with E-state index in [1.807, 2.05) is 39.4 Å². The number of esters is 1. The van der Waals surface area contributed by atoms with Crippen molar-refractivity contribution in [2.75, 3.05) is 40.9 Å². The molecule has 9 nitrogen and oxygen atoms in total. The molecule has 0 aromatic carbocycles. The van der Waals surface area contributed by atoms with Gasteiger partial charge in [-0.05, 0) is 76.7 Å². The van der Waals surface area contributed by atoms with Crippen LogP contribution in [0.1, 0.15) is 252 Å².